The van der Waals surface area contributed by atoms with Crippen molar-refractivity contribution in [2.45, 2.75) is 32.4 Å². The van der Waals surface area contributed by atoms with Crippen LogP contribution in [0.4, 0.5) is 0 Å². The number of para-hydroxylation sites is 1. The highest BCUT2D eigenvalue weighted by Crippen LogP contribution is 2.05. The molecule has 0 aliphatic rings. The van der Waals surface area contributed by atoms with Gasteiger partial charge in [-0.3, -0.25) is 10.1 Å². The van der Waals surface area contributed by atoms with E-state index in [2.05, 4.69) is 28.1 Å². The molecule has 1 aromatic carbocycles. The van der Waals surface area contributed by atoms with Crippen molar-refractivity contribution >= 4 is 10.9 Å². The van der Waals surface area contributed by atoms with Gasteiger partial charge in [-0.05, 0) is 18.6 Å². The van der Waals surface area contributed by atoms with Crippen LogP contribution in [0, 0.1) is 12.3 Å². The van der Waals surface area contributed by atoms with Crippen molar-refractivity contribution in [3.8, 4) is 12.3 Å². The van der Waals surface area contributed by atoms with E-state index in [4.69, 9.17) is 6.42 Å². The maximum absolute atomic E-state index is 11.9. The van der Waals surface area contributed by atoms with E-state index < -0.39 is 0 Å². The van der Waals surface area contributed by atoms with Gasteiger partial charge in [0, 0.05) is 0 Å². The minimum Gasteiger partial charge on any atom is -0.309 e. The van der Waals surface area contributed by atoms with E-state index in [1.165, 1.54) is 0 Å². The monoisotopic (exact) mass is 255 g/mol. The van der Waals surface area contributed by atoms with Crippen molar-refractivity contribution in [2.75, 3.05) is 0 Å². The lowest BCUT2D eigenvalue weighted by molar-refractivity contribution is 0.551. The van der Waals surface area contributed by atoms with Gasteiger partial charge in [-0.15, -0.1) is 6.42 Å². The fourth-order valence-corrected chi connectivity index (χ4v) is 1.97. The summed E-state index contributed by atoms with van der Waals surface area (Å²) in [4.78, 5) is 19.1. The molecule has 98 valence electrons. The van der Waals surface area contributed by atoms with Gasteiger partial charge >= 0.3 is 0 Å². The number of terminal acetylenes is 1. The van der Waals surface area contributed by atoms with Gasteiger partial charge in [-0.25, -0.2) is 4.98 Å². The second kappa shape index (κ2) is 6.17. The Kier molecular flexibility index (Phi) is 4.32. The van der Waals surface area contributed by atoms with Crippen LogP contribution in [0.5, 0.6) is 0 Å². The maximum Gasteiger partial charge on any atom is 0.258 e. The Morgan fingerprint density at radius 1 is 1.47 bits per heavy atom. The minimum absolute atomic E-state index is 0.0155. The summed E-state index contributed by atoms with van der Waals surface area (Å²) in [5.41, 5.74) is 0.589. The first kappa shape index (κ1) is 13.3. The highest BCUT2D eigenvalue weighted by atomic mass is 16.1. The van der Waals surface area contributed by atoms with Crippen molar-refractivity contribution < 1.29 is 0 Å². The van der Waals surface area contributed by atoms with Crippen LogP contribution in [-0.4, -0.2) is 16.0 Å². The Balaban J connectivity index is 2.18. The van der Waals surface area contributed by atoms with Crippen LogP contribution in [0.15, 0.2) is 29.1 Å². The second-order valence-electron chi connectivity index (χ2n) is 4.42. The largest absolute Gasteiger partial charge is 0.309 e. The number of aromatic amines is 1. The van der Waals surface area contributed by atoms with Gasteiger partial charge in [-0.1, -0.05) is 31.4 Å². The van der Waals surface area contributed by atoms with Crippen LogP contribution in [0.1, 0.15) is 25.6 Å². The van der Waals surface area contributed by atoms with Gasteiger partial charge in [0.15, 0.2) is 0 Å². The average Bonchev–Trinajstić information content (AvgIpc) is 2.43. The lowest BCUT2D eigenvalue weighted by Crippen LogP contribution is -2.28. The number of hydrogen-bond donors (Lipinski definition) is 2. The first-order valence-corrected chi connectivity index (χ1v) is 6.42. The molecule has 0 amide bonds. The number of fused-ring (bicyclic) bond motifs is 1. The van der Waals surface area contributed by atoms with E-state index in [-0.39, 0.29) is 11.6 Å². The third-order valence-corrected chi connectivity index (χ3v) is 2.96. The Hall–Kier alpha value is -2.12. The van der Waals surface area contributed by atoms with Crippen molar-refractivity contribution in [1.82, 2.24) is 15.3 Å². The summed E-state index contributed by atoms with van der Waals surface area (Å²) in [6.45, 7) is 2.55. The van der Waals surface area contributed by atoms with Crippen LogP contribution in [-0.2, 0) is 6.54 Å². The topological polar surface area (TPSA) is 57.8 Å². The van der Waals surface area contributed by atoms with Gasteiger partial charge in [0.25, 0.3) is 5.56 Å². The summed E-state index contributed by atoms with van der Waals surface area (Å²) >= 11 is 0. The molecule has 0 aliphatic heterocycles. The molecule has 0 bridgehead atoms. The summed E-state index contributed by atoms with van der Waals surface area (Å²) in [6, 6.07) is 7.31. The number of aromatic nitrogens is 2. The molecule has 0 saturated heterocycles. The molecule has 1 atom stereocenters. The summed E-state index contributed by atoms with van der Waals surface area (Å²) in [5, 5.41) is 3.81. The standard InChI is InChI=1S/C15H17N3O/c1-3-7-11(4-2)16-10-14-17-13-9-6-5-8-12(13)15(19)18-14/h2,5-6,8-9,11,16H,3,7,10H2,1H3,(H,17,18,19). The predicted molar refractivity (Wildman–Crippen MR) is 76.7 cm³/mol. The molecule has 0 spiro atoms. The van der Waals surface area contributed by atoms with Crippen molar-refractivity contribution in [3.63, 3.8) is 0 Å². The maximum atomic E-state index is 11.9. The number of H-pyrrole nitrogens is 1. The van der Waals surface area contributed by atoms with Gasteiger partial charge in [0.1, 0.15) is 5.82 Å². The highest BCUT2D eigenvalue weighted by Gasteiger charge is 2.06. The van der Waals surface area contributed by atoms with Gasteiger partial charge < -0.3 is 4.98 Å². The smallest absolute Gasteiger partial charge is 0.258 e. The van der Waals surface area contributed by atoms with E-state index in [0.717, 1.165) is 12.8 Å². The molecule has 4 heteroatoms. The molecular weight excluding hydrogens is 238 g/mol. The molecule has 4 nitrogen and oxygen atoms in total. The fourth-order valence-electron chi connectivity index (χ4n) is 1.97. The number of nitrogens with one attached hydrogen (secondary N) is 2. The zero-order chi connectivity index (χ0) is 13.7. The number of benzene rings is 1. The van der Waals surface area contributed by atoms with Gasteiger partial charge in [-0.2, -0.15) is 0 Å². The lowest BCUT2D eigenvalue weighted by Gasteiger charge is -2.11. The predicted octanol–water partition coefficient (Wildman–Crippen LogP) is 1.81. The van der Waals surface area contributed by atoms with Crippen LogP contribution >= 0.6 is 0 Å². The van der Waals surface area contributed by atoms with Crippen molar-refractivity contribution in [1.29, 1.82) is 0 Å². The number of hydrogen-bond acceptors (Lipinski definition) is 3. The molecule has 2 aromatic rings. The molecule has 0 saturated carbocycles. The van der Waals surface area contributed by atoms with E-state index in [0.29, 0.717) is 23.3 Å². The van der Waals surface area contributed by atoms with Crippen LogP contribution in [0.3, 0.4) is 0 Å². The Morgan fingerprint density at radius 2 is 2.26 bits per heavy atom. The molecular formula is C15H17N3O. The molecule has 0 fully saturated rings. The molecule has 1 aromatic heterocycles. The molecule has 1 unspecified atom stereocenters. The summed E-state index contributed by atoms with van der Waals surface area (Å²) in [7, 11) is 0. The summed E-state index contributed by atoms with van der Waals surface area (Å²) < 4.78 is 0. The Morgan fingerprint density at radius 3 is 3.00 bits per heavy atom. The Bertz CT molecular complexity index is 654. The molecule has 2 N–H and O–H groups in total. The zero-order valence-electron chi connectivity index (χ0n) is 10.9. The molecule has 2 rings (SSSR count). The minimum atomic E-state index is -0.116. The van der Waals surface area contributed by atoms with Crippen LogP contribution in [0.25, 0.3) is 10.9 Å². The van der Waals surface area contributed by atoms with Gasteiger partial charge in [0.2, 0.25) is 0 Å². The van der Waals surface area contributed by atoms with E-state index in [1.54, 1.807) is 6.07 Å². The number of rotatable bonds is 5. The first-order chi connectivity index (χ1) is 9.24. The molecule has 0 aliphatic carbocycles. The normalized spacial score (nSPS) is 12.2. The lowest BCUT2D eigenvalue weighted by atomic mass is 10.2. The van der Waals surface area contributed by atoms with Gasteiger partial charge in [0.05, 0.1) is 23.5 Å². The van der Waals surface area contributed by atoms with E-state index in [9.17, 15) is 4.79 Å². The number of nitrogens with zero attached hydrogens (tertiary/aromatic N) is 1. The van der Waals surface area contributed by atoms with E-state index >= 15 is 0 Å². The average molecular weight is 255 g/mol. The van der Waals surface area contributed by atoms with Crippen molar-refractivity contribution in [2.24, 2.45) is 0 Å². The third-order valence-electron chi connectivity index (χ3n) is 2.96. The summed E-state index contributed by atoms with van der Waals surface area (Å²) in [6.07, 6.45) is 7.37. The first-order valence-electron chi connectivity index (χ1n) is 6.42. The van der Waals surface area contributed by atoms with Crippen LogP contribution < -0.4 is 10.9 Å². The second-order valence-corrected chi connectivity index (χ2v) is 4.42. The van der Waals surface area contributed by atoms with E-state index in [1.807, 2.05) is 18.2 Å². The highest BCUT2D eigenvalue weighted by molar-refractivity contribution is 5.77. The molecule has 0 radical (unpaired) electrons. The SMILES string of the molecule is C#CC(CCC)NCc1nc2ccccc2c(=O)[nH]1. The summed E-state index contributed by atoms with van der Waals surface area (Å²) in [5.74, 6) is 3.31. The zero-order valence-corrected chi connectivity index (χ0v) is 10.9. The Labute approximate surface area is 112 Å². The van der Waals surface area contributed by atoms with Crippen LogP contribution in [0.2, 0.25) is 0 Å². The third kappa shape index (κ3) is 3.21. The molecule has 19 heavy (non-hydrogen) atoms. The quantitative estimate of drug-likeness (QED) is 0.801. The fraction of sp³-hybridized carbons (Fsp3) is 0.333. The molecule has 1 heterocycles. The van der Waals surface area contributed by atoms with Crippen molar-refractivity contribution in [3.05, 3.63) is 40.4 Å².